The molecule has 0 fully saturated rings. The monoisotopic (exact) mass is 232 g/mol. The Kier molecular flexibility index (Phi) is 6.86. The Labute approximate surface area is 92.6 Å². The molecule has 5 N–H and O–H groups in total. The van der Waals surface area contributed by atoms with Gasteiger partial charge in [0, 0.05) is 13.0 Å². The van der Waals surface area contributed by atoms with Crippen molar-refractivity contribution in [3.8, 4) is 0 Å². The molecule has 0 aliphatic rings. The van der Waals surface area contributed by atoms with Crippen LogP contribution in [0.2, 0.25) is 0 Å². The van der Waals surface area contributed by atoms with Gasteiger partial charge >= 0.3 is 11.9 Å². The number of hydrogen-bond donors (Lipinski definition) is 4. The Morgan fingerprint density at radius 2 is 1.75 bits per heavy atom. The van der Waals surface area contributed by atoms with Gasteiger partial charge in [-0.2, -0.15) is 0 Å². The smallest absolute Gasteiger partial charge is 0.305 e. The summed E-state index contributed by atoms with van der Waals surface area (Å²) >= 11 is 0. The quantitative estimate of drug-likeness (QED) is 0.404. The maximum absolute atomic E-state index is 11.2. The Hall–Kier alpha value is -1.63. The summed E-state index contributed by atoms with van der Waals surface area (Å²) in [7, 11) is 0. The third-order valence-electron chi connectivity index (χ3n) is 1.85. The number of amides is 1. The first-order valence-electron chi connectivity index (χ1n) is 4.90. The second-order valence-electron chi connectivity index (χ2n) is 3.35. The van der Waals surface area contributed by atoms with Gasteiger partial charge in [0.2, 0.25) is 5.91 Å². The van der Waals surface area contributed by atoms with Crippen LogP contribution in [-0.4, -0.2) is 40.6 Å². The van der Waals surface area contributed by atoms with E-state index in [1.165, 1.54) is 0 Å². The largest absolute Gasteiger partial charge is 0.481 e. The lowest BCUT2D eigenvalue weighted by Gasteiger charge is -2.09. The second kappa shape index (κ2) is 7.63. The van der Waals surface area contributed by atoms with E-state index < -0.39 is 30.3 Å². The summed E-state index contributed by atoms with van der Waals surface area (Å²) in [6.45, 7) is 0.305. The van der Waals surface area contributed by atoms with Crippen LogP contribution in [0.25, 0.3) is 0 Å². The van der Waals surface area contributed by atoms with Crippen LogP contribution in [0.1, 0.15) is 25.7 Å². The Balaban J connectivity index is 3.57. The van der Waals surface area contributed by atoms with E-state index in [9.17, 15) is 14.4 Å². The maximum atomic E-state index is 11.2. The number of unbranched alkanes of at least 4 members (excludes halogenated alkanes) is 1. The molecule has 1 unspecified atom stereocenters. The highest BCUT2D eigenvalue weighted by Crippen LogP contribution is 1.94. The van der Waals surface area contributed by atoms with Crippen LogP contribution in [0.4, 0.5) is 0 Å². The van der Waals surface area contributed by atoms with Crippen molar-refractivity contribution in [3.05, 3.63) is 0 Å². The Bertz CT molecular complexity index is 267. The van der Waals surface area contributed by atoms with Gasteiger partial charge in [-0.25, -0.2) is 0 Å². The molecule has 0 bridgehead atoms. The number of carboxylic acid groups (broad SMARTS) is 2. The third-order valence-corrected chi connectivity index (χ3v) is 1.85. The molecule has 0 aliphatic carbocycles. The third kappa shape index (κ3) is 7.74. The first-order chi connectivity index (χ1) is 7.43. The van der Waals surface area contributed by atoms with Crippen molar-refractivity contribution < 1.29 is 24.6 Å². The van der Waals surface area contributed by atoms with Crippen molar-refractivity contribution in [2.75, 3.05) is 6.54 Å². The zero-order valence-corrected chi connectivity index (χ0v) is 8.81. The van der Waals surface area contributed by atoms with Crippen molar-refractivity contribution in [1.29, 1.82) is 0 Å². The summed E-state index contributed by atoms with van der Waals surface area (Å²) < 4.78 is 0. The van der Waals surface area contributed by atoms with Crippen LogP contribution in [0.3, 0.4) is 0 Å². The predicted octanol–water partition coefficient (Wildman–Crippen LogP) is -0.841. The molecule has 0 aliphatic heterocycles. The molecule has 7 nitrogen and oxygen atoms in total. The highest BCUT2D eigenvalue weighted by atomic mass is 16.4. The van der Waals surface area contributed by atoms with Crippen molar-refractivity contribution in [2.24, 2.45) is 5.73 Å². The molecule has 0 aromatic heterocycles. The van der Waals surface area contributed by atoms with Crippen molar-refractivity contribution >= 4 is 17.8 Å². The summed E-state index contributed by atoms with van der Waals surface area (Å²) in [5.74, 6) is -2.54. The van der Waals surface area contributed by atoms with Crippen molar-refractivity contribution in [3.63, 3.8) is 0 Å². The van der Waals surface area contributed by atoms with Crippen LogP contribution < -0.4 is 11.1 Å². The van der Waals surface area contributed by atoms with E-state index in [1.807, 2.05) is 0 Å². The van der Waals surface area contributed by atoms with E-state index in [0.717, 1.165) is 0 Å². The van der Waals surface area contributed by atoms with Gasteiger partial charge in [-0.15, -0.1) is 0 Å². The lowest BCUT2D eigenvalue weighted by atomic mass is 10.2. The maximum Gasteiger partial charge on any atom is 0.305 e. The van der Waals surface area contributed by atoms with E-state index in [2.05, 4.69) is 5.32 Å². The van der Waals surface area contributed by atoms with Gasteiger partial charge in [-0.05, 0) is 12.8 Å². The van der Waals surface area contributed by atoms with Gasteiger partial charge in [0.1, 0.15) is 0 Å². The van der Waals surface area contributed by atoms with Crippen molar-refractivity contribution in [2.45, 2.75) is 31.7 Å². The molecule has 0 rings (SSSR count). The van der Waals surface area contributed by atoms with Crippen LogP contribution >= 0.6 is 0 Å². The standard InChI is InChI=1S/C9H16N2O5/c10-6(5-8(14)15)9(16)11-4-2-1-3-7(12)13/h6H,1-5,10H2,(H,11,16)(H,12,13)(H,14,15). The van der Waals surface area contributed by atoms with Crippen LogP contribution in [0, 0.1) is 0 Å². The average molecular weight is 232 g/mol. The minimum absolute atomic E-state index is 0.0526. The minimum Gasteiger partial charge on any atom is -0.481 e. The zero-order chi connectivity index (χ0) is 12.6. The highest BCUT2D eigenvalue weighted by Gasteiger charge is 2.15. The van der Waals surface area contributed by atoms with E-state index in [-0.39, 0.29) is 6.42 Å². The van der Waals surface area contributed by atoms with E-state index >= 15 is 0 Å². The lowest BCUT2D eigenvalue weighted by Crippen LogP contribution is -2.42. The summed E-state index contributed by atoms with van der Waals surface area (Å²) in [6.07, 6.45) is 0.625. The van der Waals surface area contributed by atoms with Crippen LogP contribution in [-0.2, 0) is 14.4 Å². The molecule has 0 radical (unpaired) electrons. The molecule has 0 heterocycles. The molecule has 1 amide bonds. The second-order valence-corrected chi connectivity index (χ2v) is 3.35. The molecule has 7 heteroatoms. The van der Waals surface area contributed by atoms with E-state index in [4.69, 9.17) is 15.9 Å². The molecule has 0 saturated carbocycles. The summed E-state index contributed by atoms with van der Waals surface area (Å²) in [6, 6.07) is -1.06. The fourth-order valence-electron chi connectivity index (χ4n) is 1.02. The van der Waals surface area contributed by atoms with Gasteiger partial charge < -0.3 is 21.3 Å². The first kappa shape index (κ1) is 14.4. The Morgan fingerprint density at radius 3 is 2.25 bits per heavy atom. The molecule has 92 valence electrons. The summed E-state index contributed by atoms with van der Waals surface area (Å²) in [4.78, 5) is 31.6. The molecular formula is C9H16N2O5. The fraction of sp³-hybridized carbons (Fsp3) is 0.667. The number of nitrogens with one attached hydrogen (secondary N) is 1. The van der Waals surface area contributed by atoms with Gasteiger partial charge in [-0.1, -0.05) is 0 Å². The molecule has 0 spiro atoms. The SMILES string of the molecule is NC(CC(=O)O)C(=O)NCCCCC(=O)O. The number of nitrogens with two attached hydrogens (primary N) is 1. The number of rotatable bonds is 8. The zero-order valence-electron chi connectivity index (χ0n) is 8.81. The molecule has 16 heavy (non-hydrogen) atoms. The number of carbonyl (C=O) groups is 3. The summed E-state index contributed by atoms with van der Waals surface area (Å²) in [5, 5.41) is 19.2. The number of hydrogen-bond acceptors (Lipinski definition) is 4. The molecular weight excluding hydrogens is 216 g/mol. The number of aliphatic carboxylic acids is 2. The van der Waals surface area contributed by atoms with E-state index in [0.29, 0.717) is 19.4 Å². The minimum atomic E-state index is -1.13. The van der Waals surface area contributed by atoms with Crippen LogP contribution in [0.15, 0.2) is 0 Å². The van der Waals surface area contributed by atoms with Gasteiger partial charge in [0.15, 0.2) is 0 Å². The van der Waals surface area contributed by atoms with Crippen molar-refractivity contribution in [1.82, 2.24) is 5.32 Å². The highest BCUT2D eigenvalue weighted by molar-refractivity contribution is 5.85. The first-order valence-corrected chi connectivity index (χ1v) is 4.90. The molecule has 0 aromatic rings. The molecule has 0 aromatic carbocycles. The average Bonchev–Trinajstić information content (AvgIpc) is 2.15. The molecule has 0 saturated heterocycles. The topological polar surface area (TPSA) is 130 Å². The normalized spacial score (nSPS) is 11.8. The fourth-order valence-corrected chi connectivity index (χ4v) is 1.02. The molecule has 1 atom stereocenters. The van der Waals surface area contributed by atoms with E-state index in [1.54, 1.807) is 0 Å². The number of carbonyl (C=O) groups excluding carboxylic acids is 1. The van der Waals surface area contributed by atoms with Gasteiger partial charge in [0.05, 0.1) is 12.5 Å². The predicted molar refractivity (Wildman–Crippen MR) is 54.7 cm³/mol. The summed E-state index contributed by atoms with van der Waals surface area (Å²) in [5.41, 5.74) is 5.29. The number of carboxylic acids is 2. The lowest BCUT2D eigenvalue weighted by molar-refractivity contribution is -0.139. The van der Waals surface area contributed by atoms with Gasteiger partial charge in [0.25, 0.3) is 0 Å². The van der Waals surface area contributed by atoms with Gasteiger partial charge in [-0.3, -0.25) is 14.4 Å². The van der Waals surface area contributed by atoms with Crippen LogP contribution in [0.5, 0.6) is 0 Å². The Morgan fingerprint density at radius 1 is 1.12 bits per heavy atom.